The molecule has 0 bridgehead atoms. The van der Waals surface area contributed by atoms with Crippen molar-refractivity contribution in [2.75, 3.05) is 47.7 Å². The predicted octanol–water partition coefficient (Wildman–Crippen LogP) is 1.46. The molecule has 0 saturated heterocycles. The van der Waals surface area contributed by atoms with Crippen molar-refractivity contribution >= 4 is 0 Å². The van der Waals surface area contributed by atoms with Crippen LogP contribution in [-0.2, 0) is 16.0 Å². The first kappa shape index (κ1) is 15.8. The zero-order valence-corrected chi connectivity index (χ0v) is 11.9. The van der Waals surface area contributed by atoms with Crippen LogP contribution < -0.4 is 14.8 Å². The highest BCUT2D eigenvalue weighted by Gasteiger charge is 2.05. The smallest absolute Gasteiger partial charge is 0.161 e. The molecule has 1 N–H and O–H groups in total. The summed E-state index contributed by atoms with van der Waals surface area (Å²) in [4.78, 5) is 0. The van der Waals surface area contributed by atoms with E-state index in [0.717, 1.165) is 23.6 Å². The predicted molar refractivity (Wildman–Crippen MR) is 73.9 cm³/mol. The zero-order chi connectivity index (χ0) is 13.9. The molecule has 1 aromatic rings. The van der Waals surface area contributed by atoms with E-state index in [1.54, 1.807) is 14.2 Å². The van der Waals surface area contributed by atoms with Crippen LogP contribution in [0.4, 0.5) is 0 Å². The van der Waals surface area contributed by atoms with Crippen LogP contribution in [-0.4, -0.2) is 47.7 Å². The Morgan fingerprint density at radius 3 is 2.47 bits per heavy atom. The summed E-state index contributed by atoms with van der Waals surface area (Å²) in [5, 5.41) is 3.10. The molecule has 0 saturated carbocycles. The van der Waals surface area contributed by atoms with Gasteiger partial charge in [-0.15, -0.1) is 0 Å². The van der Waals surface area contributed by atoms with Crippen LogP contribution in [0.2, 0.25) is 0 Å². The van der Waals surface area contributed by atoms with E-state index >= 15 is 0 Å². The van der Waals surface area contributed by atoms with Crippen molar-refractivity contribution in [1.82, 2.24) is 5.32 Å². The molecule has 1 rings (SSSR count). The first-order valence-corrected chi connectivity index (χ1v) is 6.32. The molecule has 0 heterocycles. The fourth-order valence-electron chi connectivity index (χ4n) is 1.60. The molecule has 1 aromatic carbocycles. The lowest BCUT2D eigenvalue weighted by atomic mass is 10.2. The average Bonchev–Trinajstić information content (AvgIpc) is 2.43. The van der Waals surface area contributed by atoms with Crippen LogP contribution in [0.3, 0.4) is 0 Å². The van der Waals surface area contributed by atoms with Crippen molar-refractivity contribution in [2.45, 2.75) is 6.54 Å². The lowest BCUT2D eigenvalue weighted by Crippen LogP contribution is -2.11. The largest absolute Gasteiger partial charge is 0.493 e. The van der Waals surface area contributed by atoms with Gasteiger partial charge in [-0.3, -0.25) is 0 Å². The Balaban J connectivity index is 2.43. The van der Waals surface area contributed by atoms with Gasteiger partial charge in [0.25, 0.3) is 0 Å². The number of methoxy groups -OCH3 is 2. The molecule has 0 spiro atoms. The van der Waals surface area contributed by atoms with Crippen molar-refractivity contribution in [1.29, 1.82) is 0 Å². The number of hydrogen-bond acceptors (Lipinski definition) is 5. The van der Waals surface area contributed by atoms with Gasteiger partial charge in [0, 0.05) is 13.7 Å². The molecule has 0 unspecified atom stereocenters. The van der Waals surface area contributed by atoms with Crippen LogP contribution in [0.25, 0.3) is 0 Å². The van der Waals surface area contributed by atoms with Crippen molar-refractivity contribution < 1.29 is 18.9 Å². The summed E-state index contributed by atoms with van der Waals surface area (Å²) in [6.45, 7) is 2.99. The Labute approximate surface area is 114 Å². The third kappa shape index (κ3) is 5.92. The molecule has 0 aliphatic carbocycles. The van der Waals surface area contributed by atoms with Crippen molar-refractivity contribution in [2.24, 2.45) is 0 Å². The average molecular weight is 269 g/mol. The topological polar surface area (TPSA) is 49.0 Å². The van der Waals surface area contributed by atoms with Gasteiger partial charge in [0.1, 0.15) is 6.61 Å². The second kappa shape index (κ2) is 9.61. The molecule has 0 aliphatic rings. The summed E-state index contributed by atoms with van der Waals surface area (Å²) in [6.07, 6.45) is 0. The van der Waals surface area contributed by atoms with Crippen molar-refractivity contribution in [3.63, 3.8) is 0 Å². The minimum atomic E-state index is 0.489. The van der Waals surface area contributed by atoms with Crippen molar-refractivity contribution in [3.05, 3.63) is 23.8 Å². The van der Waals surface area contributed by atoms with E-state index in [9.17, 15) is 0 Å². The summed E-state index contributed by atoms with van der Waals surface area (Å²) < 4.78 is 21.2. The van der Waals surface area contributed by atoms with Crippen LogP contribution in [0.15, 0.2) is 18.2 Å². The molecule has 5 nitrogen and oxygen atoms in total. The molecule has 0 aromatic heterocycles. The summed E-state index contributed by atoms with van der Waals surface area (Å²) in [7, 11) is 5.20. The second-order valence-corrected chi connectivity index (χ2v) is 3.97. The first-order valence-electron chi connectivity index (χ1n) is 6.32. The molecule has 0 radical (unpaired) electrons. The van der Waals surface area contributed by atoms with E-state index in [2.05, 4.69) is 5.32 Å². The Kier molecular flexibility index (Phi) is 7.97. The lowest BCUT2D eigenvalue weighted by Gasteiger charge is -2.12. The number of benzene rings is 1. The summed E-state index contributed by atoms with van der Waals surface area (Å²) in [6, 6.07) is 5.90. The standard InChI is InChI=1S/C14H23NO4/c1-15-11-12-4-5-13(17-3)14(10-12)19-9-8-18-7-6-16-2/h4-5,10,15H,6-9,11H2,1-3H3. The summed E-state index contributed by atoms with van der Waals surface area (Å²) >= 11 is 0. The Morgan fingerprint density at radius 1 is 1.00 bits per heavy atom. The number of nitrogens with one attached hydrogen (secondary N) is 1. The zero-order valence-electron chi connectivity index (χ0n) is 11.9. The van der Waals surface area contributed by atoms with E-state index in [1.807, 2.05) is 25.2 Å². The minimum Gasteiger partial charge on any atom is -0.493 e. The maximum atomic E-state index is 5.68. The molecule has 0 aliphatic heterocycles. The fourth-order valence-corrected chi connectivity index (χ4v) is 1.60. The van der Waals surface area contributed by atoms with Crippen LogP contribution >= 0.6 is 0 Å². The van der Waals surface area contributed by atoms with Gasteiger partial charge in [0.15, 0.2) is 11.5 Å². The number of rotatable bonds is 10. The maximum Gasteiger partial charge on any atom is 0.161 e. The first-order chi connectivity index (χ1) is 9.31. The van der Waals surface area contributed by atoms with Gasteiger partial charge in [-0.05, 0) is 24.7 Å². The lowest BCUT2D eigenvalue weighted by molar-refractivity contribution is 0.0540. The van der Waals surface area contributed by atoms with Gasteiger partial charge in [0.05, 0.1) is 26.9 Å². The van der Waals surface area contributed by atoms with Gasteiger partial charge >= 0.3 is 0 Å². The fraction of sp³-hybridized carbons (Fsp3) is 0.571. The highest BCUT2D eigenvalue weighted by atomic mass is 16.5. The van der Waals surface area contributed by atoms with E-state index < -0.39 is 0 Å². The molecule has 0 fully saturated rings. The highest BCUT2D eigenvalue weighted by Crippen LogP contribution is 2.27. The third-order valence-electron chi connectivity index (χ3n) is 2.53. The van der Waals surface area contributed by atoms with Gasteiger partial charge in [0.2, 0.25) is 0 Å². The Hall–Kier alpha value is -1.30. The Morgan fingerprint density at radius 2 is 1.79 bits per heavy atom. The maximum absolute atomic E-state index is 5.68. The van der Waals surface area contributed by atoms with Gasteiger partial charge in [-0.2, -0.15) is 0 Å². The van der Waals surface area contributed by atoms with Gasteiger partial charge in [-0.1, -0.05) is 6.07 Å². The normalized spacial score (nSPS) is 10.5. The number of hydrogen-bond donors (Lipinski definition) is 1. The molecule has 0 atom stereocenters. The highest BCUT2D eigenvalue weighted by molar-refractivity contribution is 5.42. The summed E-state index contributed by atoms with van der Waals surface area (Å²) in [5.74, 6) is 1.47. The summed E-state index contributed by atoms with van der Waals surface area (Å²) in [5.41, 5.74) is 1.15. The van der Waals surface area contributed by atoms with Gasteiger partial charge in [-0.25, -0.2) is 0 Å². The van der Waals surface area contributed by atoms with E-state index in [1.165, 1.54) is 0 Å². The minimum absolute atomic E-state index is 0.489. The molecule has 19 heavy (non-hydrogen) atoms. The third-order valence-corrected chi connectivity index (χ3v) is 2.53. The number of ether oxygens (including phenoxy) is 4. The van der Waals surface area contributed by atoms with Crippen LogP contribution in [0.1, 0.15) is 5.56 Å². The second-order valence-electron chi connectivity index (χ2n) is 3.97. The monoisotopic (exact) mass is 269 g/mol. The Bertz CT molecular complexity index is 357. The molecule has 108 valence electrons. The van der Waals surface area contributed by atoms with Crippen LogP contribution in [0.5, 0.6) is 11.5 Å². The van der Waals surface area contributed by atoms with E-state index in [0.29, 0.717) is 26.4 Å². The SMILES string of the molecule is CNCc1ccc(OC)c(OCCOCCOC)c1. The molecule has 5 heteroatoms. The van der Waals surface area contributed by atoms with E-state index in [4.69, 9.17) is 18.9 Å². The van der Waals surface area contributed by atoms with Crippen LogP contribution in [0, 0.1) is 0 Å². The molecule has 0 amide bonds. The van der Waals surface area contributed by atoms with Gasteiger partial charge < -0.3 is 24.3 Å². The van der Waals surface area contributed by atoms with Crippen molar-refractivity contribution in [3.8, 4) is 11.5 Å². The quantitative estimate of drug-likeness (QED) is 0.652. The van der Waals surface area contributed by atoms with E-state index in [-0.39, 0.29) is 0 Å². The molecular formula is C14H23NO4. The molecular weight excluding hydrogens is 246 g/mol.